The van der Waals surface area contributed by atoms with Gasteiger partial charge >= 0.3 is 0 Å². The Morgan fingerprint density at radius 1 is 1.19 bits per heavy atom. The van der Waals surface area contributed by atoms with Gasteiger partial charge in [0.15, 0.2) is 5.43 Å². The maximum Gasteiger partial charge on any atom is 0.198 e. The van der Waals surface area contributed by atoms with Crippen molar-refractivity contribution in [2.75, 3.05) is 5.73 Å². The van der Waals surface area contributed by atoms with Gasteiger partial charge in [0.2, 0.25) is 0 Å². The van der Waals surface area contributed by atoms with E-state index in [-0.39, 0.29) is 5.43 Å². The molecule has 0 bridgehead atoms. The number of hydrogen-bond acceptors (Lipinski definition) is 3. The van der Waals surface area contributed by atoms with E-state index in [1.54, 1.807) is 6.07 Å². The van der Waals surface area contributed by atoms with E-state index in [2.05, 4.69) is 0 Å². The number of anilines is 1. The summed E-state index contributed by atoms with van der Waals surface area (Å²) in [7, 11) is 0. The van der Waals surface area contributed by atoms with E-state index in [1.807, 2.05) is 12.1 Å². The molecule has 0 aliphatic heterocycles. The highest BCUT2D eigenvalue weighted by Gasteiger charge is 2.18. The van der Waals surface area contributed by atoms with Gasteiger partial charge in [0, 0.05) is 17.7 Å². The Morgan fingerprint density at radius 2 is 2.00 bits per heavy atom. The number of hydrogen-bond donors (Lipinski definition) is 1. The summed E-state index contributed by atoms with van der Waals surface area (Å²) in [5.41, 5.74) is 7.85. The van der Waals surface area contributed by atoms with Crippen LogP contribution in [0, 0.1) is 0 Å². The van der Waals surface area contributed by atoms with Crippen molar-refractivity contribution in [2.45, 2.75) is 25.7 Å². The molecule has 0 fully saturated rings. The lowest BCUT2D eigenvalue weighted by Gasteiger charge is -2.14. The molecular formula is C13H13NO2. The summed E-state index contributed by atoms with van der Waals surface area (Å²) in [5.74, 6) is 0.856. The highest BCUT2D eigenvalue weighted by molar-refractivity contribution is 5.89. The SMILES string of the molecule is Nc1cccc2oc3c(c(=O)c12)CCCC3. The molecule has 0 spiro atoms. The van der Waals surface area contributed by atoms with E-state index in [1.165, 1.54) is 0 Å². The monoisotopic (exact) mass is 215 g/mol. The minimum atomic E-state index is 0.0639. The first-order chi connectivity index (χ1) is 7.77. The summed E-state index contributed by atoms with van der Waals surface area (Å²) in [4.78, 5) is 12.3. The average Bonchev–Trinajstić information content (AvgIpc) is 2.29. The van der Waals surface area contributed by atoms with Crippen LogP contribution in [0.3, 0.4) is 0 Å². The Hall–Kier alpha value is -1.77. The van der Waals surface area contributed by atoms with E-state index in [4.69, 9.17) is 10.2 Å². The largest absolute Gasteiger partial charge is 0.460 e. The van der Waals surface area contributed by atoms with Crippen molar-refractivity contribution < 1.29 is 4.42 Å². The Labute approximate surface area is 92.9 Å². The molecule has 1 aliphatic carbocycles. The number of fused-ring (bicyclic) bond motifs is 2. The van der Waals surface area contributed by atoms with Gasteiger partial charge in [0.05, 0.1) is 5.39 Å². The molecule has 1 aromatic heterocycles. The number of benzene rings is 1. The van der Waals surface area contributed by atoms with Crippen molar-refractivity contribution in [1.29, 1.82) is 0 Å². The summed E-state index contributed by atoms with van der Waals surface area (Å²) in [6, 6.07) is 5.37. The Balaban J connectivity index is 2.45. The molecule has 0 unspecified atom stereocenters. The molecule has 1 heterocycles. The second-order valence-corrected chi connectivity index (χ2v) is 4.26. The molecular weight excluding hydrogens is 202 g/mol. The van der Waals surface area contributed by atoms with Crippen LogP contribution in [0.25, 0.3) is 11.0 Å². The minimum Gasteiger partial charge on any atom is -0.460 e. The van der Waals surface area contributed by atoms with Gasteiger partial charge in [-0.05, 0) is 31.4 Å². The van der Waals surface area contributed by atoms with E-state index in [9.17, 15) is 4.79 Å². The van der Waals surface area contributed by atoms with Crippen molar-refractivity contribution in [3.63, 3.8) is 0 Å². The zero-order valence-electron chi connectivity index (χ0n) is 8.95. The van der Waals surface area contributed by atoms with Crippen LogP contribution in [0.1, 0.15) is 24.2 Å². The highest BCUT2D eigenvalue weighted by Crippen LogP contribution is 2.25. The van der Waals surface area contributed by atoms with Crippen LogP contribution >= 0.6 is 0 Å². The summed E-state index contributed by atoms with van der Waals surface area (Å²) in [5, 5.41) is 0.545. The topological polar surface area (TPSA) is 56.2 Å². The molecule has 0 amide bonds. The molecule has 2 aromatic rings. The van der Waals surface area contributed by atoms with Crippen molar-refractivity contribution in [2.24, 2.45) is 0 Å². The van der Waals surface area contributed by atoms with Crippen molar-refractivity contribution >= 4 is 16.7 Å². The lowest BCUT2D eigenvalue weighted by molar-refractivity contribution is 0.487. The highest BCUT2D eigenvalue weighted by atomic mass is 16.3. The number of nitrogens with two attached hydrogens (primary N) is 1. The van der Waals surface area contributed by atoms with Crippen LogP contribution in [0.15, 0.2) is 27.4 Å². The summed E-state index contributed by atoms with van der Waals surface area (Å²) in [6.45, 7) is 0. The molecule has 1 aromatic carbocycles. The normalized spacial score (nSPS) is 15.0. The molecule has 0 radical (unpaired) electrons. The molecule has 16 heavy (non-hydrogen) atoms. The zero-order chi connectivity index (χ0) is 11.1. The molecule has 82 valence electrons. The lowest BCUT2D eigenvalue weighted by Crippen LogP contribution is -2.17. The maximum atomic E-state index is 12.3. The predicted molar refractivity (Wildman–Crippen MR) is 63.5 cm³/mol. The van der Waals surface area contributed by atoms with Gasteiger partial charge in [0.1, 0.15) is 11.3 Å². The zero-order valence-corrected chi connectivity index (χ0v) is 8.95. The fourth-order valence-electron chi connectivity index (χ4n) is 2.39. The first-order valence-electron chi connectivity index (χ1n) is 5.60. The average molecular weight is 215 g/mol. The molecule has 3 nitrogen and oxygen atoms in total. The minimum absolute atomic E-state index is 0.0639. The maximum absolute atomic E-state index is 12.3. The predicted octanol–water partition coefficient (Wildman–Crippen LogP) is 2.25. The van der Waals surface area contributed by atoms with Crippen LogP contribution in [0.2, 0.25) is 0 Å². The fourth-order valence-corrected chi connectivity index (χ4v) is 2.39. The van der Waals surface area contributed by atoms with E-state index < -0.39 is 0 Å². The second-order valence-electron chi connectivity index (χ2n) is 4.26. The van der Waals surface area contributed by atoms with Gasteiger partial charge in [-0.2, -0.15) is 0 Å². The van der Waals surface area contributed by atoms with Gasteiger partial charge in [-0.15, -0.1) is 0 Å². The third-order valence-corrected chi connectivity index (χ3v) is 3.21. The van der Waals surface area contributed by atoms with E-state index in [0.717, 1.165) is 37.0 Å². The summed E-state index contributed by atoms with van der Waals surface area (Å²) >= 11 is 0. The fraction of sp³-hybridized carbons (Fsp3) is 0.308. The summed E-state index contributed by atoms with van der Waals surface area (Å²) in [6.07, 6.45) is 3.86. The molecule has 3 heteroatoms. The Kier molecular flexibility index (Phi) is 1.99. The first kappa shape index (κ1) is 9.46. The van der Waals surface area contributed by atoms with Crippen LogP contribution in [-0.2, 0) is 12.8 Å². The number of nitrogen functional groups attached to an aromatic ring is 1. The smallest absolute Gasteiger partial charge is 0.198 e. The molecule has 0 saturated heterocycles. The van der Waals surface area contributed by atoms with Crippen LogP contribution in [0.5, 0.6) is 0 Å². The van der Waals surface area contributed by atoms with E-state index >= 15 is 0 Å². The van der Waals surface area contributed by atoms with Crippen molar-refractivity contribution in [1.82, 2.24) is 0 Å². The van der Waals surface area contributed by atoms with Crippen LogP contribution in [-0.4, -0.2) is 0 Å². The van der Waals surface area contributed by atoms with E-state index in [0.29, 0.717) is 16.7 Å². The van der Waals surface area contributed by atoms with Crippen LogP contribution in [0.4, 0.5) is 5.69 Å². The van der Waals surface area contributed by atoms with Crippen LogP contribution < -0.4 is 11.2 Å². The Bertz CT molecular complexity index is 613. The van der Waals surface area contributed by atoms with Crippen molar-refractivity contribution in [3.8, 4) is 0 Å². The third-order valence-electron chi connectivity index (χ3n) is 3.21. The first-order valence-corrected chi connectivity index (χ1v) is 5.60. The van der Waals surface area contributed by atoms with Gasteiger partial charge in [-0.3, -0.25) is 4.79 Å². The van der Waals surface area contributed by atoms with Crippen molar-refractivity contribution in [3.05, 3.63) is 39.7 Å². The molecule has 2 N–H and O–H groups in total. The molecule has 0 atom stereocenters. The molecule has 1 aliphatic rings. The molecule has 0 saturated carbocycles. The van der Waals surface area contributed by atoms with Gasteiger partial charge < -0.3 is 10.2 Å². The standard InChI is InChI=1S/C13H13NO2/c14-9-5-3-7-11-12(9)13(15)8-4-1-2-6-10(8)16-11/h3,5,7H,1-2,4,6,14H2. The third kappa shape index (κ3) is 1.24. The van der Waals surface area contributed by atoms with Gasteiger partial charge in [-0.25, -0.2) is 0 Å². The molecule has 3 rings (SSSR count). The van der Waals surface area contributed by atoms with Gasteiger partial charge in [0.25, 0.3) is 0 Å². The number of aryl methyl sites for hydroxylation is 1. The quantitative estimate of drug-likeness (QED) is 0.686. The summed E-state index contributed by atoms with van der Waals surface area (Å²) < 4.78 is 5.77. The lowest BCUT2D eigenvalue weighted by atomic mass is 9.95. The second kappa shape index (κ2) is 3.37. The Morgan fingerprint density at radius 3 is 2.88 bits per heavy atom. The van der Waals surface area contributed by atoms with Gasteiger partial charge in [-0.1, -0.05) is 6.07 Å². The number of rotatable bonds is 0.